The van der Waals surface area contributed by atoms with Crippen molar-refractivity contribution in [1.82, 2.24) is 5.32 Å². The van der Waals surface area contributed by atoms with Crippen molar-refractivity contribution in [2.24, 2.45) is 5.92 Å². The zero-order valence-corrected chi connectivity index (χ0v) is 18.1. The van der Waals surface area contributed by atoms with Crippen LogP contribution in [0.3, 0.4) is 0 Å². The Morgan fingerprint density at radius 1 is 1.38 bits per heavy atom. The van der Waals surface area contributed by atoms with Crippen LogP contribution in [0.25, 0.3) is 0 Å². The number of allylic oxidation sites excluding steroid dienone is 2. The second-order valence-corrected chi connectivity index (χ2v) is 8.19. The summed E-state index contributed by atoms with van der Waals surface area (Å²) in [6.07, 6.45) is 3.93. The molecule has 1 saturated heterocycles. The van der Waals surface area contributed by atoms with E-state index in [0.717, 1.165) is 3.58 Å². The first-order valence-electron chi connectivity index (χ1n) is 9.12. The summed E-state index contributed by atoms with van der Waals surface area (Å²) < 4.78 is 20.9. The van der Waals surface area contributed by atoms with Crippen LogP contribution in [0.5, 0.6) is 0 Å². The van der Waals surface area contributed by atoms with Crippen molar-refractivity contribution in [3.05, 3.63) is 45.8 Å². The number of carbonyl (C=O) groups excluding carboxylic acids is 3. The first kappa shape index (κ1) is 21.3. The Morgan fingerprint density at radius 2 is 2.14 bits per heavy atom. The van der Waals surface area contributed by atoms with E-state index in [1.54, 1.807) is 12.1 Å². The number of carbonyl (C=O) groups is 3. The number of ketones is 1. The minimum atomic E-state index is -0.599. The van der Waals surface area contributed by atoms with Crippen molar-refractivity contribution >= 4 is 51.7 Å². The second kappa shape index (κ2) is 8.93. The Balaban J connectivity index is 1.73. The number of ether oxygens (including phenoxy) is 1. The van der Waals surface area contributed by atoms with Gasteiger partial charge in [0.1, 0.15) is 11.9 Å². The van der Waals surface area contributed by atoms with Gasteiger partial charge < -0.3 is 15.4 Å². The van der Waals surface area contributed by atoms with Gasteiger partial charge in [-0.15, -0.1) is 0 Å². The van der Waals surface area contributed by atoms with E-state index in [-0.39, 0.29) is 36.4 Å². The van der Waals surface area contributed by atoms with E-state index in [4.69, 9.17) is 4.74 Å². The fourth-order valence-electron chi connectivity index (χ4n) is 3.14. The molecule has 1 fully saturated rings. The molecule has 9 heteroatoms. The normalized spacial score (nSPS) is 24.1. The van der Waals surface area contributed by atoms with E-state index in [0.29, 0.717) is 5.69 Å². The Hall–Kier alpha value is -2.43. The molecule has 0 aromatic heterocycles. The molecule has 7 nitrogen and oxygen atoms in total. The summed E-state index contributed by atoms with van der Waals surface area (Å²) in [5.41, 5.74) is 0.527. The van der Waals surface area contributed by atoms with Gasteiger partial charge in [-0.3, -0.25) is 14.5 Å². The topological polar surface area (TPSA) is 87.7 Å². The van der Waals surface area contributed by atoms with Gasteiger partial charge in [-0.1, -0.05) is 19.1 Å². The van der Waals surface area contributed by atoms with Gasteiger partial charge >= 0.3 is 6.09 Å². The second-order valence-electron chi connectivity index (χ2n) is 6.94. The number of rotatable bonds is 5. The summed E-state index contributed by atoms with van der Waals surface area (Å²) >= 11 is 2.17. The van der Waals surface area contributed by atoms with Crippen LogP contribution in [0.2, 0.25) is 0 Å². The Kier molecular flexibility index (Phi) is 6.56. The van der Waals surface area contributed by atoms with Crippen molar-refractivity contribution in [2.45, 2.75) is 26.0 Å². The smallest absolute Gasteiger partial charge is 0.414 e. The largest absolute Gasteiger partial charge is 0.442 e. The zero-order valence-electron chi connectivity index (χ0n) is 15.9. The number of nitrogens with zero attached hydrogens (tertiary/aromatic N) is 1. The molecule has 2 unspecified atom stereocenters. The number of halogens is 2. The first-order valence-corrected chi connectivity index (χ1v) is 10.2. The molecule has 1 aliphatic carbocycles. The third kappa shape index (κ3) is 4.95. The molecule has 0 saturated carbocycles. The highest BCUT2D eigenvalue weighted by molar-refractivity contribution is 14.1. The van der Waals surface area contributed by atoms with E-state index in [1.807, 2.05) is 13.0 Å². The Bertz CT molecular complexity index is 902. The van der Waals surface area contributed by atoms with Crippen molar-refractivity contribution < 1.29 is 23.5 Å². The van der Waals surface area contributed by atoms with Gasteiger partial charge in [0.15, 0.2) is 5.78 Å². The Morgan fingerprint density at radius 3 is 2.83 bits per heavy atom. The first-order chi connectivity index (χ1) is 13.8. The molecule has 2 amide bonds. The lowest BCUT2D eigenvalue weighted by Crippen LogP contribution is -2.35. The molecule has 1 heterocycles. The summed E-state index contributed by atoms with van der Waals surface area (Å²) in [5.74, 6) is -1.04. The maximum Gasteiger partial charge on any atom is 0.414 e. The average Bonchev–Trinajstić information content (AvgIpc) is 2.99. The molecule has 0 bridgehead atoms. The van der Waals surface area contributed by atoms with Gasteiger partial charge in [0.25, 0.3) is 0 Å². The van der Waals surface area contributed by atoms with Gasteiger partial charge in [0.2, 0.25) is 5.91 Å². The van der Waals surface area contributed by atoms with E-state index in [2.05, 4.69) is 33.2 Å². The van der Waals surface area contributed by atoms with Crippen LogP contribution in [0, 0.1) is 11.7 Å². The van der Waals surface area contributed by atoms with E-state index < -0.39 is 24.1 Å². The number of hydrogen-bond donors (Lipinski definition) is 2. The third-order valence-corrected chi connectivity index (χ3v) is 6.13. The lowest BCUT2D eigenvalue weighted by molar-refractivity contribution is -0.119. The number of nitrogens with one attached hydrogen (secondary N) is 2. The van der Waals surface area contributed by atoms with Crippen molar-refractivity contribution in [3.8, 4) is 0 Å². The standard InChI is InChI=1S/C20H21FIN3O4/c1-11-16(22)4-3-5-18(27)19(11)24-17-7-6-13(8-15(17)21)25-10-14(29-20(25)28)9-23-12(2)26/h3-8,11,14,19,24H,9-10H2,1-2H3,(H,23,26)/t11?,14-,19?/m0/s1. The van der Waals surface area contributed by atoms with Crippen LogP contribution in [-0.2, 0) is 14.3 Å². The van der Waals surface area contributed by atoms with Crippen LogP contribution in [0.1, 0.15) is 13.8 Å². The molecule has 1 aromatic rings. The molecule has 154 valence electrons. The molecule has 2 N–H and O–H groups in total. The van der Waals surface area contributed by atoms with Gasteiger partial charge in [0, 0.05) is 12.8 Å². The van der Waals surface area contributed by atoms with Gasteiger partial charge in [-0.2, -0.15) is 0 Å². The SMILES string of the molecule is CC(=O)NC[C@H]1CN(c2ccc(NC3C(=O)C=CC=C(I)C3C)c(F)c2)C(=O)O1. The number of benzene rings is 1. The maximum absolute atomic E-state index is 14.7. The lowest BCUT2D eigenvalue weighted by atomic mass is 9.98. The fourth-order valence-corrected chi connectivity index (χ4v) is 3.71. The van der Waals surface area contributed by atoms with E-state index in [1.165, 1.54) is 30.0 Å². The monoisotopic (exact) mass is 513 g/mol. The van der Waals surface area contributed by atoms with Crippen LogP contribution in [0.4, 0.5) is 20.6 Å². The number of anilines is 2. The lowest BCUT2D eigenvalue weighted by Gasteiger charge is -2.24. The molecular weight excluding hydrogens is 492 g/mol. The summed E-state index contributed by atoms with van der Waals surface area (Å²) in [6.45, 7) is 3.68. The predicted octanol–water partition coefficient (Wildman–Crippen LogP) is 3.16. The predicted molar refractivity (Wildman–Crippen MR) is 116 cm³/mol. The fraction of sp³-hybridized carbons (Fsp3) is 0.350. The zero-order chi connectivity index (χ0) is 21.1. The summed E-state index contributed by atoms with van der Waals surface area (Å²) in [7, 11) is 0. The van der Waals surface area contributed by atoms with Crippen LogP contribution in [-0.4, -0.2) is 43.0 Å². The third-order valence-electron chi connectivity index (χ3n) is 4.79. The molecule has 2 aliphatic rings. The highest BCUT2D eigenvalue weighted by Gasteiger charge is 2.33. The molecule has 3 rings (SSSR count). The van der Waals surface area contributed by atoms with Crippen molar-refractivity contribution in [3.63, 3.8) is 0 Å². The molecule has 1 aromatic carbocycles. The van der Waals surface area contributed by atoms with Gasteiger partial charge in [-0.25, -0.2) is 9.18 Å². The minimum Gasteiger partial charge on any atom is -0.442 e. The maximum atomic E-state index is 14.7. The van der Waals surface area contributed by atoms with E-state index in [9.17, 15) is 18.8 Å². The highest BCUT2D eigenvalue weighted by Crippen LogP contribution is 2.30. The molecule has 29 heavy (non-hydrogen) atoms. The van der Waals surface area contributed by atoms with Crippen LogP contribution < -0.4 is 15.5 Å². The summed E-state index contributed by atoms with van der Waals surface area (Å²) in [4.78, 5) is 36.8. The molecule has 1 aliphatic heterocycles. The summed E-state index contributed by atoms with van der Waals surface area (Å²) in [6, 6.07) is 3.74. The molecule has 0 radical (unpaired) electrons. The summed E-state index contributed by atoms with van der Waals surface area (Å²) in [5, 5.41) is 5.58. The van der Waals surface area contributed by atoms with Gasteiger partial charge in [-0.05, 0) is 50.4 Å². The van der Waals surface area contributed by atoms with Crippen molar-refractivity contribution in [2.75, 3.05) is 23.3 Å². The molecule has 3 atom stereocenters. The quantitative estimate of drug-likeness (QED) is 0.591. The van der Waals surface area contributed by atoms with Crippen molar-refractivity contribution in [1.29, 1.82) is 0 Å². The van der Waals surface area contributed by atoms with Crippen LogP contribution >= 0.6 is 22.6 Å². The number of cyclic esters (lactones) is 1. The number of hydrogen-bond acceptors (Lipinski definition) is 5. The van der Waals surface area contributed by atoms with Crippen LogP contribution in [0.15, 0.2) is 40.0 Å². The molecule has 0 spiro atoms. The molecular formula is C20H21FIN3O4. The Labute approximate surface area is 181 Å². The average molecular weight is 513 g/mol. The van der Waals surface area contributed by atoms with Gasteiger partial charge in [0.05, 0.1) is 30.5 Å². The highest BCUT2D eigenvalue weighted by atomic mass is 127. The number of amides is 2. The minimum absolute atomic E-state index is 0.111. The van der Waals surface area contributed by atoms with E-state index >= 15 is 0 Å².